The van der Waals surface area contributed by atoms with Gasteiger partial charge in [0.2, 0.25) is 0 Å². The van der Waals surface area contributed by atoms with Crippen LogP contribution in [0.15, 0.2) is 23.8 Å². The zero-order valence-corrected chi connectivity index (χ0v) is 12.4. The van der Waals surface area contributed by atoms with Crippen molar-refractivity contribution in [3.8, 4) is 0 Å². The summed E-state index contributed by atoms with van der Waals surface area (Å²) in [5, 5.41) is 0. The predicted molar refractivity (Wildman–Crippen MR) is 80.8 cm³/mol. The lowest BCUT2D eigenvalue weighted by molar-refractivity contribution is 0.353. The number of unbranched alkanes of at least 4 members (excludes halogenated alkanes) is 1. The average Bonchev–Trinajstić information content (AvgIpc) is 3.13. The maximum atomic E-state index is 2.56. The minimum absolute atomic E-state index is 0.964. The topological polar surface area (TPSA) is 0 Å². The smallest absolute Gasteiger partial charge is 0.0172 e. The van der Waals surface area contributed by atoms with Gasteiger partial charge in [0.15, 0.2) is 0 Å². The fourth-order valence-corrected chi connectivity index (χ4v) is 5.72. The minimum atomic E-state index is 0.964. The van der Waals surface area contributed by atoms with E-state index in [1.807, 2.05) is 0 Å². The van der Waals surface area contributed by atoms with Crippen LogP contribution in [0.2, 0.25) is 0 Å². The second-order valence-corrected chi connectivity index (χ2v) is 7.83. The molecule has 0 nitrogen and oxygen atoms in total. The van der Waals surface area contributed by atoms with Gasteiger partial charge in [-0.15, -0.1) is 0 Å². The third-order valence-electron chi connectivity index (χ3n) is 6.63. The molecule has 4 rings (SSSR count). The summed E-state index contributed by atoms with van der Waals surface area (Å²) in [6.07, 6.45) is 19.6. The van der Waals surface area contributed by atoms with Crippen LogP contribution in [-0.4, -0.2) is 0 Å². The molecular weight excluding hydrogens is 228 g/mol. The second kappa shape index (κ2) is 4.79. The Kier molecular flexibility index (Phi) is 3.09. The Morgan fingerprint density at radius 3 is 2.32 bits per heavy atom. The summed E-state index contributed by atoms with van der Waals surface area (Å²) in [7, 11) is 0. The monoisotopic (exact) mass is 256 g/mol. The first-order valence-corrected chi connectivity index (χ1v) is 8.66. The van der Waals surface area contributed by atoms with Gasteiger partial charge in [-0.1, -0.05) is 36.6 Å². The van der Waals surface area contributed by atoms with E-state index in [2.05, 4.69) is 25.2 Å². The van der Waals surface area contributed by atoms with E-state index in [1.54, 1.807) is 5.57 Å². The highest BCUT2D eigenvalue weighted by atomic mass is 14.4. The summed E-state index contributed by atoms with van der Waals surface area (Å²) in [6.45, 7) is 2.37. The van der Waals surface area contributed by atoms with E-state index in [-0.39, 0.29) is 0 Å². The van der Waals surface area contributed by atoms with Crippen LogP contribution in [0.4, 0.5) is 0 Å². The molecule has 0 aromatic rings. The van der Waals surface area contributed by atoms with E-state index in [0.29, 0.717) is 0 Å². The highest BCUT2D eigenvalue weighted by Crippen LogP contribution is 2.50. The van der Waals surface area contributed by atoms with Crippen LogP contribution < -0.4 is 0 Å². The Bertz CT molecular complexity index is 402. The summed E-state index contributed by atoms with van der Waals surface area (Å²) < 4.78 is 0. The zero-order valence-electron chi connectivity index (χ0n) is 12.4. The fraction of sp³-hybridized carbons (Fsp3) is 0.789. The molecule has 0 aliphatic heterocycles. The third kappa shape index (κ3) is 2.22. The molecule has 0 amide bonds. The lowest BCUT2D eigenvalue weighted by Crippen LogP contribution is -2.11. The quantitative estimate of drug-likeness (QED) is 0.459. The van der Waals surface area contributed by atoms with Crippen molar-refractivity contribution in [3.63, 3.8) is 0 Å². The van der Waals surface area contributed by atoms with Crippen molar-refractivity contribution in [1.82, 2.24) is 0 Å². The molecule has 0 heterocycles. The summed E-state index contributed by atoms with van der Waals surface area (Å²) in [5.41, 5.74) is 1.72. The van der Waals surface area contributed by atoms with Crippen molar-refractivity contribution < 1.29 is 0 Å². The van der Waals surface area contributed by atoms with E-state index in [0.717, 1.165) is 35.5 Å². The minimum Gasteiger partial charge on any atom is -0.0851 e. The molecular formula is C19H28. The van der Waals surface area contributed by atoms with Gasteiger partial charge in [0, 0.05) is 0 Å². The molecule has 0 spiro atoms. The Labute approximate surface area is 118 Å². The predicted octanol–water partition coefficient (Wildman–Crippen LogP) is 5.36. The van der Waals surface area contributed by atoms with E-state index in [1.165, 1.54) is 51.4 Å². The molecule has 6 unspecified atom stereocenters. The number of hydrogen-bond acceptors (Lipinski definition) is 0. The largest absolute Gasteiger partial charge is 0.0851 e. The highest BCUT2D eigenvalue weighted by molar-refractivity contribution is 5.19. The van der Waals surface area contributed by atoms with Gasteiger partial charge in [-0.05, 0) is 81.0 Å². The van der Waals surface area contributed by atoms with Crippen LogP contribution in [0.5, 0.6) is 0 Å². The van der Waals surface area contributed by atoms with Crippen LogP contribution in [0, 0.1) is 35.5 Å². The molecule has 104 valence electrons. The fourth-order valence-electron chi connectivity index (χ4n) is 5.72. The van der Waals surface area contributed by atoms with Crippen LogP contribution in [0.1, 0.15) is 58.3 Å². The molecule has 0 aromatic carbocycles. The van der Waals surface area contributed by atoms with Gasteiger partial charge in [-0.3, -0.25) is 0 Å². The molecule has 4 aliphatic carbocycles. The Balaban J connectivity index is 1.19. The molecule has 0 radical (unpaired) electrons. The van der Waals surface area contributed by atoms with Crippen molar-refractivity contribution in [3.05, 3.63) is 23.8 Å². The molecule has 19 heavy (non-hydrogen) atoms. The van der Waals surface area contributed by atoms with E-state index >= 15 is 0 Å². The molecule has 4 bridgehead atoms. The van der Waals surface area contributed by atoms with Crippen LogP contribution >= 0.6 is 0 Å². The third-order valence-corrected chi connectivity index (χ3v) is 6.63. The van der Waals surface area contributed by atoms with E-state index in [9.17, 15) is 0 Å². The molecule has 4 aliphatic rings. The molecule has 2 saturated carbocycles. The maximum Gasteiger partial charge on any atom is -0.0172 e. The molecule has 2 fully saturated rings. The normalized spacial score (nSPS) is 46.3. The van der Waals surface area contributed by atoms with E-state index < -0.39 is 0 Å². The summed E-state index contributed by atoms with van der Waals surface area (Å²) in [4.78, 5) is 0. The Morgan fingerprint density at radius 2 is 1.68 bits per heavy atom. The van der Waals surface area contributed by atoms with Crippen molar-refractivity contribution in [2.75, 3.05) is 0 Å². The number of allylic oxidation sites excluding steroid dienone is 4. The van der Waals surface area contributed by atoms with Gasteiger partial charge in [0.25, 0.3) is 0 Å². The SMILES string of the molecule is CC1=CC2CC(CCCCC3CC4C=CC3C4)C1C2. The van der Waals surface area contributed by atoms with Gasteiger partial charge in [0.05, 0.1) is 0 Å². The standard InChI is InChI=1S/C19H28/c1-13-8-15-11-18(19(13)12-15)5-3-2-4-16-9-14-6-7-17(16)10-14/h6-8,14-19H,2-5,9-12H2,1H3. The van der Waals surface area contributed by atoms with Crippen LogP contribution in [0.3, 0.4) is 0 Å². The summed E-state index contributed by atoms with van der Waals surface area (Å²) in [6, 6.07) is 0. The van der Waals surface area contributed by atoms with Gasteiger partial charge in [-0.25, -0.2) is 0 Å². The van der Waals surface area contributed by atoms with Crippen molar-refractivity contribution in [2.24, 2.45) is 35.5 Å². The summed E-state index contributed by atoms with van der Waals surface area (Å²) >= 11 is 0. The second-order valence-electron chi connectivity index (χ2n) is 7.83. The van der Waals surface area contributed by atoms with Crippen molar-refractivity contribution in [2.45, 2.75) is 58.3 Å². The van der Waals surface area contributed by atoms with E-state index in [4.69, 9.17) is 0 Å². The lowest BCUT2D eigenvalue weighted by atomic mass is 9.83. The molecule has 6 atom stereocenters. The number of rotatable bonds is 5. The maximum absolute atomic E-state index is 2.56. The van der Waals surface area contributed by atoms with Crippen LogP contribution in [-0.2, 0) is 0 Å². The van der Waals surface area contributed by atoms with Gasteiger partial charge in [-0.2, -0.15) is 0 Å². The average molecular weight is 256 g/mol. The molecule has 0 heteroatoms. The number of fused-ring (bicyclic) bond motifs is 4. The number of hydrogen-bond donors (Lipinski definition) is 0. The van der Waals surface area contributed by atoms with Crippen molar-refractivity contribution in [1.29, 1.82) is 0 Å². The lowest BCUT2D eigenvalue weighted by Gasteiger charge is -2.22. The summed E-state index contributed by atoms with van der Waals surface area (Å²) in [5.74, 6) is 5.98. The Morgan fingerprint density at radius 1 is 0.895 bits per heavy atom. The zero-order chi connectivity index (χ0) is 12.8. The highest BCUT2D eigenvalue weighted by Gasteiger charge is 2.38. The van der Waals surface area contributed by atoms with Gasteiger partial charge >= 0.3 is 0 Å². The first-order valence-electron chi connectivity index (χ1n) is 8.66. The Hall–Kier alpha value is -0.520. The molecule has 0 aromatic heterocycles. The molecule has 0 N–H and O–H groups in total. The first-order chi connectivity index (χ1) is 9.29. The van der Waals surface area contributed by atoms with Crippen LogP contribution in [0.25, 0.3) is 0 Å². The van der Waals surface area contributed by atoms with Gasteiger partial charge < -0.3 is 0 Å². The van der Waals surface area contributed by atoms with Gasteiger partial charge in [0.1, 0.15) is 0 Å². The first kappa shape index (κ1) is 12.2. The van der Waals surface area contributed by atoms with Crippen molar-refractivity contribution >= 4 is 0 Å². The molecule has 0 saturated heterocycles.